The number of aliphatic hydroxyl groups is 2. The van der Waals surface area contributed by atoms with Crippen LogP contribution in [0, 0.1) is 0 Å². The van der Waals surface area contributed by atoms with Gasteiger partial charge >= 0.3 is 11.8 Å². The van der Waals surface area contributed by atoms with E-state index in [9.17, 15) is 19.8 Å². The molecule has 0 aliphatic carbocycles. The number of carbonyl (C=O) groups excluding carboxylic acids is 2. The fraction of sp³-hybridized carbons (Fsp3) is 0.364. The predicted molar refractivity (Wildman–Crippen MR) is 107 cm³/mol. The zero-order chi connectivity index (χ0) is 20.9. The smallest absolute Gasteiger partial charge is 0.309 e. The molecule has 0 heterocycles. The molecule has 0 radical (unpaired) electrons. The molecule has 0 fully saturated rings. The molecule has 2 atom stereocenters. The van der Waals surface area contributed by atoms with Crippen LogP contribution >= 0.6 is 0 Å². The summed E-state index contributed by atoms with van der Waals surface area (Å²) in [5.74, 6) is -1.78. The fourth-order valence-corrected chi connectivity index (χ4v) is 3.02. The summed E-state index contributed by atoms with van der Waals surface area (Å²) >= 11 is 0. The van der Waals surface area contributed by atoms with Gasteiger partial charge in [0.2, 0.25) is 0 Å². The van der Waals surface area contributed by atoms with Gasteiger partial charge < -0.3 is 20.8 Å². The van der Waals surface area contributed by atoms with E-state index in [4.69, 9.17) is 0 Å². The maximum absolute atomic E-state index is 12.6. The first-order valence-corrected chi connectivity index (χ1v) is 9.16. The van der Waals surface area contributed by atoms with Gasteiger partial charge in [0.05, 0.1) is 23.3 Å². The number of amides is 2. The number of nitrogens with one attached hydrogen (secondary N) is 2. The van der Waals surface area contributed by atoms with E-state index in [0.29, 0.717) is 11.1 Å². The average Bonchev–Trinajstić information content (AvgIpc) is 2.63. The summed E-state index contributed by atoms with van der Waals surface area (Å²) < 4.78 is 0. The van der Waals surface area contributed by atoms with Gasteiger partial charge in [0.25, 0.3) is 0 Å². The van der Waals surface area contributed by atoms with Crippen molar-refractivity contribution in [3.63, 3.8) is 0 Å². The molecular formula is C22H28N2O4. The van der Waals surface area contributed by atoms with E-state index in [2.05, 4.69) is 10.6 Å². The third-order valence-electron chi connectivity index (χ3n) is 4.44. The van der Waals surface area contributed by atoms with Crippen LogP contribution in [0.25, 0.3) is 0 Å². The topological polar surface area (TPSA) is 98.7 Å². The Balaban J connectivity index is 2.19. The van der Waals surface area contributed by atoms with Crippen LogP contribution < -0.4 is 10.6 Å². The molecule has 6 heteroatoms. The zero-order valence-corrected chi connectivity index (χ0v) is 16.6. The van der Waals surface area contributed by atoms with Crippen molar-refractivity contribution in [2.24, 2.45) is 0 Å². The van der Waals surface area contributed by atoms with Gasteiger partial charge in [-0.3, -0.25) is 9.59 Å². The summed E-state index contributed by atoms with van der Waals surface area (Å²) in [6.45, 7) is 6.25. The van der Waals surface area contributed by atoms with Crippen molar-refractivity contribution in [1.29, 1.82) is 0 Å². The molecular weight excluding hydrogens is 356 g/mol. The lowest BCUT2D eigenvalue weighted by atomic mass is 9.91. The summed E-state index contributed by atoms with van der Waals surface area (Å²) in [6.07, 6.45) is 0. The Morgan fingerprint density at radius 1 is 0.679 bits per heavy atom. The molecule has 0 spiro atoms. The van der Waals surface area contributed by atoms with Gasteiger partial charge in [-0.05, 0) is 38.8 Å². The van der Waals surface area contributed by atoms with Gasteiger partial charge in [0, 0.05) is 0 Å². The molecule has 4 N–H and O–H groups in total. The molecule has 2 amide bonds. The minimum absolute atomic E-state index is 0.679. The Hall–Kier alpha value is -2.70. The summed E-state index contributed by atoms with van der Waals surface area (Å²) in [6, 6.07) is 16.3. The molecule has 0 unspecified atom stereocenters. The molecule has 28 heavy (non-hydrogen) atoms. The van der Waals surface area contributed by atoms with E-state index in [1.165, 1.54) is 0 Å². The van der Waals surface area contributed by atoms with Crippen molar-refractivity contribution < 1.29 is 19.8 Å². The van der Waals surface area contributed by atoms with Gasteiger partial charge in [-0.15, -0.1) is 0 Å². The Morgan fingerprint density at radius 2 is 0.964 bits per heavy atom. The SMILES string of the molecule is CC(C)(O)[C@H](NC(=O)C(=O)N[C@H](c1ccccc1)C(C)(C)O)c1ccccc1. The first-order valence-electron chi connectivity index (χ1n) is 9.16. The minimum Gasteiger partial charge on any atom is -0.388 e. The maximum Gasteiger partial charge on any atom is 0.309 e. The highest BCUT2D eigenvalue weighted by Gasteiger charge is 2.34. The average molecular weight is 384 g/mol. The number of carbonyl (C=O) groups is 2. The van der Waals surface area contributed by atoms with Crippen molar-refractivity contribution in [3.05, 3.63) is 71.8 Å². The number of hydrogen-bond acceptors (Lipinski definition) is 4. The zero-order valence-electron chi connectivity index (χ0n) is 16.6. The van der Waals surface area contributed by atoms with Crippen LogP contribution in [0.5, 0.6) is 0 Å². The second-order valence-corrected chi connectivity index (χ2v) is 7.94. The van der Waals surface area contributed by atoms with Crippen LogP contribution in [0.15, 0.2) is 60.7 Å². The third-order valence-corrected chi connectivity index (χ3v) is 4.44. The molecule has 0 saturated heterocycles. The standard InChI is InChI=1S/C22H28N2O4/c1-21(2,27)17(15-11-7-5-8-12-15)23-19(25)20(26)24-18(22(3,4)28)16-13-9-6-10-14-16/h5-14,17-18,27-28H,1-4H3,(H,23,25)(H,24,26)/t17-,18-/m1/s1. The molecule has 0 aromatic heterocycles. The molecule has 2 aromatic rings. The summed E-state index contributed by atoms with van der Waals surface area (Å²) in [5.41, 5.74) is -1.21. The highest BCUT2D eigenvalue weighted by atomic mass is 16.3. The fourth-order valence-electron chi connectivity index (χ4n) is 3.02. The van der Waals surface area contributed by atoms with Gasteiger partial charge in [-0.1, -0.05) is 60.7 Å². The Kier molecular flexibility index (Phi) is 6.59. The van der Waals surface area contributed by atoms with Crippen molar-refractivity contribution >= 4 is 11.8 Å². The van der Waals surface area contributed by atoms with Gasteiger partial charge in [-0.25, -0.2) is 0 Å². The first kappa shape index (κ1) is 21.6. The highest BCUT2D eigenvalue weighted by Crippen LogP contribution is 2.27. The van der Waals surface area contributed by atoms with E-state index in [-0.39, 0.29) is 0 Å². The van der Waals surface area contributed by atoms with Crippen molar-refractivity contribution in [2.75, 3.05) is 0 Å². The molecule has 150 valence electrons. The molecule has 0 aliphatic heterocycles. The van der Waals surface area contributed by atoms with Crippen LogP contribution in [-0.4, -0.2) is 33.2 Å². The van der Waals surface area contributed by atoms with Crippen LogP contribution in [0.4, 0.5) is 0 Å². The molecule has 0 bridgehead atoms. The van der Waals surface area contributed by atoms with E-state index >= 15 is 0 Å². The largest absolute Gasteiger partial charge is 0.388 e. The van der Waals surface area contributed by atoms with E-state index in [1.807, 2.05) is 12.1 Å². The normalized spacial score (nSPS) is 14.1. The summed E-state index contributed by atoms with van der Waals surface area (Å²) in [5, 5.41) is 26.1. The lowest BCUT2D eigenvalue weighted by Crippen LogP contribution is -2.51. The van der Waals surface area contributed by atoms with Gasteiger partial charge in [-0.2, -0.15) is 0 Å². The lowest BCUT2D eigenvalue weighted by Gasteiger charge is -2.32. The van der Waals surface area contributed by atoms with Gasteiger partial charge in [0.15, 0.2) is 0 Å². The summed E-state index contributed by atoms with van der Waals surface area (Å²) in [7, 11) is 0. The third kappa shape index (κ3) is 5.65. The molecule has 6 nitrogen and oxygen atoms in total. The Morgan fingerprint density at radius 3 is 1.21 bits per heavy atom. The molecule has 0 aliphatic rings. The van der Waals surface area contributed by atoms with Crippen molar-refractivity contribution in [3.8, 4) is 0 Å². The Bertz CT molecular complexity index is 723. The molecule has 2 rings (SSSR count). The van der Waals surface area contributed by atoms with Crippen molar-refractivity contribution in [2.45, 2.75) is 51.0 Å². The van der Waals surface area contributed by atoms with Crippen LogP contribution in [-0.2, 0) is 9.59 Å². The van der Waals surface area contributed by atoms with E-state index in [1.54, 1.807) is 76.2 Å². The molecule has 0 saturated carbocycles. The van der Waals surface area contributed by atoms with Crippen molar-refractivity contribution in [1.82, 2.24) is 10.6 Å². The highest BCUT2D eigenvalue weighted by molar-refractivity contribution is 6.35. The monoisotopic (exact) mass is 384 g/mol. The second kappa shape index (κ2) is 8.54. The van der Waals surface area contributed by atoms with E-state index in [0.717, 1.165) is 0 Å². The van der Waals surface area contributed by atoms with Crippen LogP contribution in [0.1, 0.15) is 50.9 Å². The van der Waals surface area contributed by atoms with E-state index < -0.39 is 35.1 Å². The number of benzene rings is 2. The maximum atomic E-state index is 12.6. The summed E-state index contributed by atoms with van der Waals surface area (Å²) in [4.78, 5) is 25.1. The van der Waals surface area contributed by atoms with Crippen LogP contribution in [0.2, 0.25) is 0 Å². The second-order valence-electron chi connectivity index (χ2n) is 7.94. The number of rotatable bonds is 6. The first-order chi connectivity index (χ1) is 13.0. The number of hydrogen-bond donors (Lipinski definition) is 4. The van der Waals surface area contributed by atoms with Gasteiger partial charge in [0.1, 0.15) is 0 Å². The Labute approximate surface area is 165 Å². The minimum atomic E-state index is -1.29. The molecule has 2 aromatic carbocycles. The van der Waals surface area contributed by atoms with Crippen LogP contribution in [0.3, 0.4) is 0 Å². The lowest BCUT2D eigenvalue weighted by molar-refractivity contribution is -0.142. The predicted octanol–water partition coefficient (Wildman–Crippen LogP) is 2.24. The quantitative estimate of drug-likeness (QED) is 0.574.